The summed E-state index contributed by atoms with van der Waals surface area (Å²) in [7, 11) is 3.16. The number of aryl methyl sites for hydroxylation is 1. The highest BCUT2D eigenvalue weighted by Gasteiger charge is 2.11. The third-order valence-electron chi connectivity index (χ3n) is 3.99. The van der Waals surface area contributed by atoms with Crippen LogP contribution in [0.5, 0.6) is 11.5 Å². The summed E-state index contributed by atoms with van der Waals surface area (Å²) < 4.78 is 14.7. The molecule has 0 saturated heterocycles. The molecule has 3 aromatic rings. The molecule has 0 unspecified atom stereocenters. The molecule has 1 amide bonds. The lowest BCUT2D eigenvalue weighted by Gasteiger charge is -2.08. The van der Waals surface area contributed by atoms with E-state index in [1.165, 1.54) is 11.3 Å². The van der Waals surface area contributed by atoms with Gasteiger partial charge in [0.05, 0.1) is 30.9 Å². The predicted molar refractivity (Wildman–Crippen MR) is 107 cm³/mol. The Bertz CT molecular complexity index is 1020. The van der Waals surface area contributed by atoms with E-state index in [0.29, 0.717) is 16.3 Å². The van der Waals surface area contributed by atoms with Gasteiger partial charge in [-0.25, -0.2) is 0 Å². The zero-order valence-corrected chi connectivity index (χ0v) is 17.2. The maximum atomic E-state index is 12.5. The van der Waals surface area contributed by atoms with Gasteiger partial charge in [-0.15, -0.1) is 0 Å². The molecule has 0 aliphatic rings. The molecule has 0 spiro atoms. The van der Waals surface area contributed by atoms with Crippen LogP contribution < -0.4 is 14.3 Å². The van der Waals surface area contributed by atoms with Crippen molar-refractivity contribution in [3.8, 4) is 11.5 Å². The molecule has 0 bridgehead atoms. The van der Waals surface area contributed by atoms with Crippen LogP contribution in [0, 0.1) is 0 Å². The average molecular weight is 435 g/mol. The number of hydrogen-bond acceptors (Lipinski definition) is 4. The van der Waals surface area contributed by atoms with Crippen molar-refractivity contribution in [1.82, 2.24) is 4.57 Å². The van der Waals surface area contributed by atoms with E-state index in [4.69, 9.17) is 9.47 Å². The molecule has 5 nitrogen and oxygen atoms in total. The third kappa shape index (κ3) is 3.68. The molecule has 0 aliphatic carbocycles. The molecule has 0 aliphatic heterocycles. The maximum Gasteiger partial charge on any atom is 0.252 e. The first-order chi connectivity index (χ1) is 12.6. The molecule has 0 N–H and O–H groups in total. The number of thiazole rings is 1. The summed E-state index contributed by atoms with van der Waals surface area (Å²) in [5.74, 6) is 1.05. The van der Waals surface area contributed by atoms with Crippen LogP contribution in [-0.2, 0) is 17.8 Å². The van der Waals surface area contributed by atoms with Crippen LogP contribution in [0.15, 0.2) is 45.9 Å². The Morgan fingerprint density at radius 3 is 2.65 bits per heavy atom. The number of fused-ring (bicyclic) bond motifs is 1. The van der Waals surface area contributed by atoms with E-state index < -0.39 is 0 Å². The number of rotatable bonds is 5. The number of para-hydroxylation sites is 1. The Labute approximate surface area is 164 Å². The number of methoxy groups -OCH3 is 2. The second-order valence-corrected chi connectivity index (χ2v) is 7.45. The highest BCUT2D eigenvalue weighted by atomic mass is 79.9. The Hall–Kier alpha value is -2.12. The monoisotopic (exact) mass is 434 g/mol. The Morgan fingerprint density at radius 1 is 1.19 bits per heavy atom. The minimum absolute atomic E-state index is 0.193. The SMILES string of the molecule is CCn1c(=NC(=O)Cc2ccc(OC)c(OC)c2)sc2cccc(Br)c21. The summed E-state index contributed by atoms with van der Waals surface area (Å²) >= 11 is 5.10. The standard InChI is InChI=1S/C19H19BrN2O3S/c1-4-22-18-13(20)6-5-7-16(18)26-19(22)21-17(23)11-12-8-9-14(24-2)15(10-12)25-3/h5-10H,4,11H2,1-3H3. The Kier molecular flexibility index (Phi) is 5.78. The van der Waals surface area contributed by atoms with Crippen molar-refractivity contribution in [3.05, 3.63) is 51.2 Å². The molecule has 1 heterocycles. The van der Waals surface area contributed by atoms with Crippen molar-refractivity contribution in [2.24, 2.45) is 4.99 Å². The fraction of sp³-hybridized carbons (Fsp3) is 0.263. The van der Waals surface area contributed by atoms with Crippen LogP contribution in [-0.4, -0.2) is 24.7 Å². The van der Waals surface area contributed by atoms with Gasteiger partial charge in [-0.2, -0.15) is 4.99 Å². The second-order valence-electron chi connectivity index (χ2n) is 5.59. The molecular weight excluding hydrogens is 416 g/mol. The lowest BCUT2D eigenvalue weighted by Crippen LogP contribution is -2.16. The number of aromatic nitrogens is 1. The van der Waals surface area contributed by atoms with Crippen LogP contribution >= 0.6 is 27.3 Å². The van der Waals surface area contributed by atoms with Gasteiger partial charge in [0.2, 0.25) is 0 Å². The summed E-state index contributed by atoms with van der Waals surface area (Å²) in [6.07, 6.45) is 0.208. The van der Waals surface area contributed by atoms with Gasteiger partial charge in [0.25, 0.3) is 5.91 Å². The number of hydrogen-bond donors (Lipinski definition) is 0. The first-order valence-corrected chi connectivity index (χ1v) is 9.74. The first kappa shape index (κ1) is 18.7. The molecule has 26 heavy (non-hydrogen) atoms. The van der Waals surface area contributed by atoms with E-state index in [1.807, 2.05) is 37.3 Å². The van der Waals surface area contributed by atoms with Crippen molar-refractivity contribution >= 4 is 43.4 Å². The van der Waals surface area contributed by atoms with Gasteiger partial charge in [-0.1, -0.05) is 23.5 Å². The number of nitrogens with zero attached hydrogens (tertiary/aromatic N) is 2. The maximum absolute atomic E-state index is 12.5. The zero-order valence-electron chi connectivity index (χ0n) is 14.8. The Balaban J connectivity index is 1.95. The molecule has 3 rings (SSSR count). The van der Waals surface area contributed by atoms with Gasteiger partial charge in [0.15, 0.2) is 16.3 Å². The molecule has 1 aromatic heterocycles. The van der Waals surface area contributed by atoms with E-state index in [-0.39, 0.29) is 12.3 Å². The van der Waals surface area contributed by atoms with Gasteiger partial charge in [-0.05, 0) is 52.7 Å². The van der Waals surface area contributed by atoms with Crippen LogP contribution in [0.3, 0.4) is 0 Å². The smallest absolute Gasteiger partial charge is 0.252 e. The molecule has 0 atom stereocenters. The number of halogens is 1. The summed E-state index contributed by atoms with van der Waals surface area (Å²) in [4.78, 5) is 17.6. The van der Waals surface area contributed by atoms with Crippen LogP contribution in [0.1, 0.15) is 12.5 Å². The minimum Gasteiger partial charge on any atom is -0.493 e. The molecule has 136 valence electrons. The Morgan fingerprint density at radius 2 is 1.96 bits per heavy atom. The van der Waals surface area contributed by atoms with Crippen molar-refractivity contribution in [2.45, 2.75) is 19.9 Å². The van der Waals surface area contributed by atoms with Crippen molar-refractivity contribution in [1.29, 1.82) is 0 Å². The third-order valence-corrected chi connectivity index (χ3v) is 5.68. The molecule has 0 radical (unpaired) electrons. The van der Waals surface area contributed by atoms with E-state index in [0.717, 1.165) is 26.8 Å². The largest absolute Gasteiger partial charge is 0.493 e. The van der Waals surface area contributed by atoms with Gasteiger partial charge >= 0.3 is 0 Å². The number of carbonyl (C=O) groups is 1. The van der Waals surface area contributed by atoms with Gasteiger partial charge in [-0.3, -0.25) is 4.79 Å². The van der Waals surface area contributed by atoms with Gasteiger partial charge in [0, 0.05) is 11.0 Å². The summed E-state index contributed by atoms with van der Waals surface area (Å²) in [6, 6.07) is 11.5. The quantitative estimate of drug-likeness (QED) is 0.605. The molecule has 0 saturated carbocycles. The molecule has 0 fully saturated rings. The second kappa shape index (κ2) is 8.05. The van der Waals surface area contributed by atoms with Gasteiger partial charge < -0.3 is 14.0 Å². The lowest BCUT2D eigenvalue weighted by atomic mass is 10.1. The zero-order chi connectivity index (χ0) is 18.7. The minimum atomic E-state index is -0.193. The van der Waals surface area contributed by atoms with E-state index in [1.54, 1.807) is 20.3 Å². The molecule has 2 aromatic carbocycles. The molecule has 7 heteroatoms. The van der Waals surface area contributed by atoms with Crippen molar-refractivity contribution in [2.75, 3.05) is 14.2 Å². The van der Waals surface area contributed by atoms with Crippen molar-refractivity contribution in [3.63, 3.8) is 0 Å². The van der Waals surface area contributed by atoms with Crippen LogP contribution in [0.4, 0.5) is 0 Å². The van der Waals surface area contributed by atoms with Crippen LogP contribution in [0.2, 0.25) is 0 Å². The summed E-state index contributed by atoms with van der Waals surface area (Å²) in [6.45, 7) is 2.79. The highest BCUT2D eigenvalue weighted by Crippen LogP contribution is 2.28. The highest BCUT2D eigenvalue weighted by molar-refractivity contribution is 9.10. The number of ether oxygens (including phenoxy) is 2. The van der Waals surface area contributed by atoms with E-state index in [9.17, 15) is 4.79 Å². The van der Waals surface area contributed by atoms with E-state index >= 15 is 0 Å². The fourth-order valence-corrected chi connectivity index (χ4v) is 4.63. The average Bonchev–Trinajstić information content (AvgIpc) is 2.99. The number of benzene rings is 2. The number of amides is 1. The van der Waals surface area contributed by atoms with Crippen LogP contribution in [0.25, 0.3) is 10.2 Å². The van der Waals surface area contributed by atoms with Crippen molar-refractivity contribution < 1.29 is 14.3 Å². The summed E-state index contributed by atoms with van der Waals surface area (Å²) in [5, 5.41) is 0. The first-order valence-electron chi connectivity index (χ1n) is 8.13. The predicted octanol–water partition coefficient (Wildman–Crippen LogP) is 4.17. The van der Waals surface area contributed by atoms with Gasteiger partial charge in [0.1, 0.15) is 0 Å². The molecular formula is C19H19BrN2O3S. The fourth-order valence-electron chi connectivity index (χ4n) is 2.78. The topological polar surface area (TPSA) is 52.8 Å². The number of carbonyl (C=O) groups excluding carboxylic acids is 1. The normalized spacial score (nSPS) is 11.8. The lowest BCUT2D eigenvalue weighted by molar-refractivity contribution is -0.117. The van der Waals surface area contributed by atoms with E-state index in [2.05, 4.69) is 25.5 Å². The summed E-state index contributed by atoms with van der Waals surface area (Å²) in [5.41, 5.74) is 1.90.